The number of pyridine rings is 1. The van der Waals surface area contributed by atoms with Gasteiger partial charge in [-0.15, -0.1) is 4.91 Å². The van der Waals surface area contributed by atoms with Gasteiger partial charge < -0.3 is 4.74 Å². The van der Waals surface area contributed by atoms with Crippen molar-refractivity contribution in [3.8, 4) is 0 Å². The summed E-state index contributed by atoms with van der Waals surface area (Å²) in [5, 5.41) is 2.93. The number of hydrogen-bond acceptors (Lipinski definition) is 4. The fourth-order valence-corrected chi connectivity index (χ4v) is 2.17. The topological polar surface area (TPSA) is 60.1 Å². The molecule has 0 atom stereocenters. The Morgan fingerprint density at radius 1 is 1.10 bits per heavy atom. The molecule has 0 amide bonds. The first-order chi connectivity index (χ1) is 10.3. The lowest BCUT2D eigenvalue weighted by molar-refractivity contribution is 0.0475. The number of esters is 1. The lowest BCUT2D eigenvalue weighted by atomic mass is 10.2. The van der Waals surface area contributed by atoms with Gasteiger partial charge in [-0.05, 0) is 22.9 Å². The SMILES string of the molecule is O=Nc1cc(C(=O)OCc2ccccc2)c2ccccn12. The summed E-state index contributed by atoms with van der Waals surface area (Å²) in [6.07, 6.45) is 1.68. The van der Waals surface area contributed by atoms with Crippen LogP contribution < -0.4 is 0 Å². The number of nitrogens with zero attached hydrogens (tertiary/aromatic N) is 2. The lowest BCUT2D eigenvalue weighted by Gasteiger charge is -2.04. The zero-order valence-electron chi connectivity index (χ0n) is 11.1. The van der Waals surface area contributed by atoms with Crippen LogP contribution in [0.4, 0.5) is 5.82 Å². The Balaban J connectivity index is 1.86. The van der Waals surface area contributed by atoms with Crippen LogP contribution in [-0.4, -0.2) is 10.4 Å². The average Bonchev–Trinajstić information content (AvgIpc) is 2.92. The summed E-state index contributed by atoms with van der Waals surface area (Å²) in [4.78, 5) is 23.0. The van der Waals surface area contributed by atoms with Crippen LogP contribution in [0.5, 0.6) is 0 Å². The van der Waals surface area contributed by atoms with Crippen LogP contribution >= 0.6 is 0 Å². The van der Waals surface area contributed by atoms with Gasteiger partial charge in [-0.25, -0.2) is 4.79 Å². The molecule has 0 bridgehead atoms. The maximum Gasteiger partial charge on any atom is 0.340 e. The molecule has 5 nitrogen and oxygen atoms in total. The van der Waals surface area contributed by atoms with Gasteiger partial charge in [0.05, 0.1) is 11.1 Å². The first-order valence-electron chi connectivity index (χ1n) is 6.44. The second-order valence-electron chi connectivity index (χ2n) is 4.53. The minimum absolute atomic E-state index is 0.178. The number of carbonyl (C=O) groups excluding carboxylic acids is 1. The van der Waals surface area contributed by atoms with Crippen molar-refractivity contribution in [2.45, 2.75) is 6.61 Å². The monoisotopic (exact) mass is 280 g/mol. The predicted octanol–water partition coefficient (Wildman–Crippen LogP) is 3.69. The van der Waals surface area contributed by atoms with Crippen LogP contribution in [0.3, 0.4) is 0 Å². The first kappa shape index (κ1) is 13.1. The number of benzene rings is 1. The molecule has 2 aromatic heterocycles. The van der Waals surface area contributed by atoms with Crippen molar-refractivity contribution in [3.63, 3.8) is 0 Å². The third-order valence-corrected chi connectivity index (χ3v) is 3.18. The normalized spacial score (nSPS) is 10.5. The van der Waals surface area contributed by atoms with E-state index in [9.17, 15) is 9.70 Å². The Kier molecular flexibility index (Phi) is 3.47. The Labute approximate surface area is 120 Å². The van der Waals surface area contributed by atoms with Crippen molar-refractivity contribution in [2.24, 2.45) is 5.18 Å². The smallest absolute Gasteiger partial charge is 0.340 e. The van der Waals surface area contributed by atoms with Crippen molar-refractivity contribution < 1.29 is 9.53 Å². The standard InChI is InChI=1S/C16H12N2O3/c19-16(21-11-12-6-2-1-3-7-12)13-10-15(17-20)18-9-5-4-8-14(13)18/h1-10H,11H2. The summed E-state index contributed by atoms with van der Waals surface area (Å²) in [6, 6.07) is 16.2. The van der Waals surface area contributed by atoms with Gasteiger partial charge in [0.1, 0.15) is 6.61 Å². The van der Waals surface area contributed by atoms with Crippen molar-refractivity contribution in [1.29, 1.82) is 0 Å². The van der Waals surface area contributed by atoms with E-state index >= 15 is 0 Å². The molecule has 21 heavy (non-hydrogen) atoms. The quantitative estimate of drug-likeness (QED) is 0.541. The van der Waals surface area contributed by atoms with E-state index in [4.69, 9.17) is 4.74 Å². The summed E-state index contributed by atoms with van der Waals surface area (Å²) >= 11 is 0. The van der Waals surface area contributed by atoms with E-state index in [2.05, 4.69) is 5.18 Å². The highest BCUT2D eigenvalue weighted by molar-refractivity contribution is 5.98. The van der Waals surface area contributed by atoms with Crippen molar-refractivity contribution in [2.75, 3.05) is 0 Å². The number of carbonyl (C=O) groups is 1. The van der Waals surface area contributed by atoms with E-state index in [1.54, 1.807) is 28.8 Å². The largest absolute Gasteiger partial charge is 0.457 e. The molecule has 5 heteroatoms. The van der Waals surface area contributed by atoms with Gasteiger partial charge in [0, 0.05) is 12.3 Å². The van der Waals surface area contributed by atoms with Gasteiger partial charge in [-0.3, -0.25) is 4.40 Å². The van der Waals surface area contributed by atoms with Crippen LogP contribution in [0.2, 0.25) is 0 Å². The molecule has 0 unspecified atom stereocenters. The van der Waals surface area contributed by atoms with E-state index in [1.165, 1.54) is 6.07 Å². The van der Waals surface area contributed by atoms with E-state index in [1.807, 2.05) is 30.3 Å². The van der Waals surface area contributed by atoms with Gasteiger partial charge in [-0.2, -0.15) is 0 Å². The van der Waals surface area contributed by atoms with Crippen LogP contribution in [0.1, 0.15) is 15.9 Å². The zero-order valence-corrected chi connectivity index (χ0v) is 11.1. The molecule has 0 saturated heterocycles. The summed E-state index contributed by atoms with van der Waals surface area (Å²) in [5.41, 5.74) is 1.84. The van der Waals surface area contributed by atoms with Crippen molar-refractivity contribution in [1.82, 2.24) is 4.40 Å². The molecule has 1 aromatic carbocycles. The molecule has 0 spiro atoms. The van der Waals surface area contributed by atoms with E-state index in [-0.39, 0.29) is 12.4 Å². The van der Waals surface area contributed by atoms with Crippen LogP contribution in [0.15, 0.2) is 66.0 Å². The molecule has 104 valence electrons. The lowest BCUT2D eigenvalue weighted by Crippen LogP contribution is -2.04. The molecular weight excluding hydrogens is 268 g/mol. The second kappa shape index (κ2) is 5.58. The molecule has 2 heterocycles. The Hall–Kier alpha value is -2.95. The Morgan fingerprint density at radius 3 is 2.62 bits per heavy atom. The minimum atomic E-state index is -0.475. The van der Waals surface area contributed by atoms with Crippen LogP contribution in [-0.2, 0) is 11.3 Å². The number of aromatic nitrogens is 1. The number of ether oxygens (including phenoxy) is 1. The van der Waals surface area contributed by atoms with Crippen molar-refractivity contribution >= 4 is 17.3 Å². The molecule has 0 radical (unpaired) electrons. The molecule has 3 rings (SSSR count). The van der Waals surface area contributed by atoms with Crippen LogP contribution in [0.25, 0.3) is 5.52 Å². The maximum atomic E-state index is 12.2. The van der Waals surface area contributed by atoms with Gasteiger partial charge in [0.15, 0.2) is 5.82 Å². The van der Waals surface area contributed by atoms with Crippen LogP contribution in [0, 0.1) is 4.91 Å². The summed E-state index contributed by atoms with van der Waals surface area (Å²) < 4.78 is 6.85. The number of hydrogen-bond donors (Lipinski definition) is 0. The van der Waals surface area contributed by atoms with Gasteiger partial charge in [0.2, 0.25) is 0 Å². The average molecular weight is 280 g/mol. The highest BCUT2D eigenvalue weighted by atomic mass is 16.5. The Morgan fingerprint density at radius 2 is 1.86 bits per heavy atom. The highest BCUT2D eigenvalue weighted by Gasteiger charge is 2.16. The molecular formula is C16H12N2O3. The predicted molar refractivity (Wildman–Crippen MR) is 78.4 cm³/mol. The number of nitroso groups, excluding NO2 is 1. The summed E-state index contributed by atoms with van der Waals surface area (Å²) in [6.45, 7) is 0.188. The van der Waals surface area contributed by atoms with Gasteiger partial charge in [0.25, 0.3) is 0 Å². The molecule has 3 aromatic rings. The first-order valence-corrected chi connectivity index (χ1v) is 6.44. The van der Waals surface area contributed by atoms with E-state index in [0.717, 1.165) is 5.56 Å². The molecule has 0 N–H and O–H groups in total. The van der Waals surface area contributed by atoms with Gasteiger partial charge in [-0.1, -0.05) is 36.4 Å². The summed E-state index contributed by atoms with van der Waals surface area (Å²) in [5.74, 6) is -0.297. The zero-order chi connectivity index (χ0) is 14.7. The fourth-order valence-electron chi connectivity index (χ4n) is 2.17. The molecule has 0 aliphatic heterocycles. The van der Waals surface area contributed by atoms with E-state index in [0.29, 0.717) is 11.1 Å². The highest BCUT2D eigenvalue weighted by Crippen LogP contribution is 2.24. The second-order valence-corrected chi connectivity index (χ2v) is 4.53. The van der Waals surface area contributed by atoms with Gasteiger partial charge >= 0.3 is 5.97 Å². The molecule has 0 saturated carbocycles. The number of fused-ring (bicyclic) bond motifs is 1. The third-order valence-electron chi connectivity index (χ3n) is 3.18. The molecule has 0 fully saturated rings. The maximum absolute atomic E-state index is 12.2. The molecule has 0 aliphatic carbocycles. The minimum Gasteiger partial charge on any atom is -0.457 e. The Bertz CT molecular complexity index is 794. The van der Waals surface area contributed by atoms with E-state index < -0.39 is 5.97 Å². The summed E-state index contributed by atoms with van der Waals surface area (Å²) in [7, 11) is 0. The molecule has 0 aliphatic rings. The van der Waals surface area contributed by atoms with Crippen molar-refractivity contribution in [3.05, 3.63) is 76.8 Å². The third kappa shape index (κ3) is 2.53. The fraction of sp³-hybridized carbons (Fsp3) is 0.0625. The number of rotatable bonds is 4.